The Labute approximate surface area is 123 Å². The molecule has 108 valence electrons. The van der Waals surface area contributed by atoms with E-state index in [4.69, 9.17) is 9.84 Å². The molecule has 0 bridgehead atoms. The molecule has 1 N–H and O–H groups in total. The summed E-state index contributed by atoms with van der Waals surface area (Å²) in [6.45, 7) is 0. The number of hydrogen-bond acceptors (Lipinski definition) is 6. The van der Waals surface area contributed by atoms with Crippen LogP contribution in [0.5, 0.6) is 5.75 Å². The first-order chi connectivity index (χ1) is 10.0. The van der Waals surface area contributed by atoms with Gasteiger partial charge in [0.1, 0.15) is 5.03 Å². The van der Waals surface area contributed by atoms with Crippen LogP contribution < -0.4 is 4.74 Å². The molecule has 0 unspecified atom stereocenters. The lowest BCUT2D eigenvalue weighted by molar-refractivity contribution is -0.388. The number of pyridine rings is 1. The summed E-state index contributed by atoms with van der Waals surface area (Å²) in [5.41, 5.74) is -0.230. The molecule has 2 aromatic rings. The summed E-state index contributed by atoms with van der Waals surface area (Å²) in [4.78, 5) is 26.0. The lowest BCUT2D eigenvalue weighted by Gasteiger charge is -2.07. The lowest BCUT2D eigenvalue weighted by atomic mass is 10.3. The molecule has 0 fully saturated rings. The second-order valence-electron chi connectivity index (χ2n) is 3.83. The number of nitro groups is 1. The number of aromatic nitrogens is 1. The predicted octanol–water partition coefficient (Wildman–Crippen LogP) is 2.85. The fourth-order valence-electron chi connectivity index (χ4n) is 1.67. The van der Waals surface area contributed by atoms with E-state index in [1.165, 1.54) is 37.6 Å². The molecule has 0 amide bonds. The van der Waals surface area contributed by atoms with E-state index in [1.54, 1.807) is 6.07 Å². The maximum atomic E-state index is 11.2. The second-order valence-corrected chi connectivity index (χ2v) is 4.86. The number of aromatic carboxylic acids is 1. The van der Waals surface area contributed by atoms with E-state index in [1.807, 2.05) is 0 Å². The summed E-state index contributed by atoms with van der Waals surface area (Å²) < 4.78 is 4.97. The van der Waals surface area contributed by atoms with E-state index >= 15 is 0 Å². The van der Waals surface area contributed by atoms with Crippen LogP contribution in [0, 0.1) is 10.1 Å². The first-order valence-corrected chi connectivity index (χ1v) is 6.53. The van der Waals surface area contributed by atoms with Gasteiger partial charge in [0.25, 0.3) is 0 Å². The Kier molecular flexibility index (Phi) is 4.39. The minimum absolute atomic E-state index is 0.0142. The highest BCUT2D eigenvalue weighted by Gasteiger charge is 2.23. The zero-order valence-electron chi connectivity index (χ0n) is 10.8. The van der Waals surface area contributed by atoms with Crippen molar-refractivity contribution in [2.24, 2.45) is 0 Å². The maximum absolute atomic E-state index is 11.2. The molecule has 0 spiro atoms. The van der Waals surface area contributed by atoms with Gasteiger partial charge in [-0.1, -0.05) is 17.8 Å². The topological polar surface area (TPSA) is 103 Å². The van der Waals surface area contributed by atoms with Gasteiger partial charge < -0.3 is 9.84 Å². The third-order valence-electron chi connectivity index (χ3n) is 2.57. The maximum Gasteiger partial charge on any atom is 0.338 e. The molecule has 1 aromatic carbocycles. The van der Waals surface area contributed by atoms with Crippen molar-refractivity contribution in [1.29, 1.82) is 0 Å². The summed E-state index contributed by atoms with van der Waals surface area (Å²) in [7, 11) is 1.33. The number of para-hydroxylation sites is 1. The van der Waals surface area contributed by atoms with Gasteiger partial charge in [0.15, 0.2) is 5.75 Å². The van der Waals surface area contributed by atoms with Crippen molar-refractivity contribution in [3.05, 3.63) is 52.2 Å². The Morgan fingerprint density at radius 1 is 1.38 bits per heavy atom. The van der Waals surface area contributed by atoms with Crippen molar-refractivity contribution in [2.45, 2.75) is 9.92 Å². The Morgan fingerprint density at radius 3 is 2.76 bits per heavy atom. The van der Waals surface area contributed by atoms with Crippen LogP contribution in [0.2, 0.25) is 0 Å². The summed E-state index contributed by atoms with van der Waals surface area (Å²) in [6.07, 6.45) is 1.43. The number of hydrogen-bond donors (Lipinski definition) is 1. The first kappa shape index (κ1) is 14.8. The zero-order chi connectivity index (χ0) is 15.4. The van der Waals surface area contributed by atoms with Gasteiger partial charge in [-0.25, -0.2) is 9.78 Å². The smallest absolute Gasteiger partial charge is 0.338 e. The molecule has 0 saturated carbocycles. The first-order valence-electron chi connectivity index (χ1n) is 5.72. The number of rotatable bonds is 5. The van der Waals surface area contributed by atoms with Gasteiger partial charge in [-0.05, 0) is 24.3 Å². The fourth-order valence-corrected chi connectivity index (χ4v) is 2.67. The molecule has 8 heteroatoms. The highest BCUT2D eigenvalue weighted by Crippen LogP contribution is 2.40. The largest absolute Gasteiger partial charge is 0.490 e. The SMILES string of the molecule is COc1cccc(Sc2ncccc2C(=O)O)c1[N+](=O)[O-]. The van der Waals surface area contributed by atoms with Gasteiger partial charge >= 0.3 is 11.7 Å². The highest BCUT2D eigenvalue weighted by atomic mass is 32.2. The normalized spacial score (nSPS) is 10.1. The Morgan fingerprint density at radius 2 is 2.14 bits per heavy atom. The molecular formula is C13H10N2O5S. The van der Waals surface area contributed by atoms with Crippen molar-refractivity contribution in [3.8, 4) is 5.75 Å². The summed E-state index contributed by atoms with van der Waals surface area (Å²) in [6, 6.07) is 7.47. The molecule has 1 aromatic heterocycles. The van der Waals surface area contributed by atoms with Gasteiger partial charge in [0.05, 0.1) is 22.5 Å². The van der Waals surface area contributed by atoms with Gasteiger partial charge in [-0.2, -0.15) is 0 Å². The molecule has 0 aliphatic heterocycles. The second kappa shape index (κ2) is 6.23. The van der Waals surface area contributed by atoms with Crippen LogP contribution in [0.15, 0.2) is 46.5 Å². The Balaban J connectivity index is 2.50. The average Bonchev–Trinajstić information content (AvgIpc) is 2.47. The van der Waals surface area contributed by atoms with Crippen LogP contribution in [0.4, 0.5) is 5.69 Å². The van der Waals surface area contributed by atoms with Crippen LogP contribution >= 0.6 is 11.8 Å². The third-order valence-corrected chi connectivity index (χ3v) is 3.64. The molecule has 0 aliphatic carbocycles. The molecule has 21 heavy (non-hydrogen) atoms. The Hall–Kier alpha value is -2.61. The molecule has 7 nitrogen and oxygen atoms in total. The van der Waals surface area contributed by atoms with Crippen LogP contribution in [0.1, 0.15) is 10.4 Å². The number of nitrogens with zero attached hydrogens (tertiary/aromatic N) is 2. The van der Waals surface area contributed by atoms with Crippen LogP contribution in [0.25, 0.3) is 0 Å². The van der Waals surface area contributed by atoms with Crippen LogP contribution in [0.3, 0.4) is 0 Å². The van der Waals surface area contributed by atoms with Gasteiger partial charge in [0.2, 0.25) is 0 Å². The van der Waals surface area contributed by atoms with Crippen molar-refractivity contribution < 1.29 is 19.6 Å². The fraction of sp³-hybridized carbons (Fsp3) is 0.0769. The van der Waals surface area contributed by atoms with Crippen molar-refractivity contribution in [2.75, 3.05) is 7.11 Å². The van der Waals surface area contributed by atoms with Crippen molar-refractivity contribution in [3.63, 3.8) is 0 Å². The van der Waals surface area contributed by atoms with E-state index in [-0.39, 0.29) is 26.9 Å². The summed E-state index contributed by atoms with van der Waals surface area (Å²) >= 11 is 0.913. The van der Waals surface area contributed by atoms with E-state index in [2.05, 4.69) is 4.98 Å². The lowest BCUT2D eigenvalue weighted by Crippen LogP contribution is -2.01. The molecule has 2 rings (SSSR count). The summed E-state index contributed by atoms with van der Waals surface area (Å²) in [5.74, 6) is -1.03. The van der Waals surface area contributed by atoms with E-state index in [0.29, 0.717) is 0 Å². The highest BCUT2D eigenvalue weighted by molar-refractivity contribution is 7.99. The summed E-state index contributed by atoms with van der Waals surface area (Å²) in [5, 5.41) is 20.5. The molecular weight excluding hydrogens is 296 g/mol. The monoisotopic (exact) mass is 306 g/mol. The number of benzene rings is 1. The van der Waals surface area contributed by atoms with Gasteiger partial charge in [0, 0.05) is 6.20 Å². The molecule has 0 atom stereocenters. The van der Waals surface area contributed by atoms with E-state index in [9.17, 15) is 14.9 Å². The number of nitro benzene ring substituents is 1. The van der Waals surface area contributed by atoms with E-state index < -0.39 is 10.9 Å². The number of ether oxygens (including phenoxy) is 1. The third kappa shape index (κ3) is 3.11. The van der Waals surface area contributed by atoms with Crippen molar-refractivity contribution >= 4 is 23.4 Å². The average molecular weight is 306 g/mol. The van der Waals surface area contributed by atoms with Crippen LogP contribution in [-0.4, -0.2) is 28.1 Å². The van der Waals surface area contributed by atoms with Gasteiger partial charge in [-0.15, -0.1) is 0 Å². The quantitative estimate of drug-likeness (QED) is 0.669. The minimum Gasteiger partial charge on any atom is -0.490 e. The standard InChI is InChI=1S/C13H10N2O5S/c1-20-9-5-2-6-10(11(9)15(18)19)21-12-8(13(16)17)4-3-7-14-12/h2-7H,1H3,(H,16,17). The Bertz CT molecular complexity index is 705. The van der Waals surface area contributed by atoms with Crippen LogP contribution in [-0.2, 0) is 0 Å². The zero-order valence-corrected chi connectivity index (χ0v) is 11.7. The predicted molar refractivity (Wildman–Crippen MR) is 75.0 cm³/mol. The van der Waals surface area contributed by atoms with Crippen molar-refractivity contribution in [1.82, 2.24) is 4.98 Å². The van der Waals surface area contributed by atoms with Gasteiger partial charge in [-0.3, -0.25) is 10.1 Å². The molecule has 0 aliphatic rings. The molecule has 0 saturated heterocycles. The minimum atomic E-state index is -1.14. The molecule has 0 radical (unpaired) electrons. The van der Waals surface area contributed by atoms with E-state index in [0.717, 1.165) is 11.8 Å². The number of methoxy groups -OCH3 is 1. The number of carboxylic acids is 1. The number of carboxylic acid groups (broad SMARTS) is 1. The number of carbonyl (C=O) groups is 1. The molecule has 1 heterocycles.